The number of halogens is 1. The normalized spacial score (nSPS) is 10.6. The fourth-order valence-corrected chi connectivity index (χ4v) is 5.27. The predicted molar refractivity (Wildman–Crippen MR) is 123 cm³/mol. The van der Waals surface area contributed by atoms with Crippen LogP contribution in [0.25, 0.3) is 10.1 Å². The molecule has 0 aliphatic heterocycles. The Labute approximate surface area is 177 Å². The lowest BCUT2D eigenvalue weighted by molar-refractivity contribution is -0.382. The fraction of sp³-hybridized carbons (Fsp3) is 0.200. The molecule has 5 nitrogen and oxygen atoms in total. The third kappa shape index (κ3) is 4.30. The number of ether oxygens (including phenoxy) is 1. The van der Waals surface area contributed by atoms with Gasteiger partial charge in [0, 0.05) is 11.5 Å². The molecule has 28 heavy (non-hydrogen) atoms. The highest BCUT2D eigenvalue weighted by Gasteiger charge is 2.17. The van der Waals surface area contributed by atoms with Crippen LogP contribution in [0.3, 0.4) is 0 Å². The molecule has 0 amide bonds. The lowest BCUT2D eigenvalue weighted by Gasteiger charge is -2.13. The van der Waals surface area contributed by atoms with Crippen molar-refractivity contribution in [3.63, 3.8) is 0 Å². The minimum atomic E-state index is -0.363. The van der Waals surface area contributed by atoms with Crippen LogP contribution < -0.4 is 15.4 Å². The maximum absolute atomic E-state index is 11.2. The van der Waals surface area contributed by atoms with Crippen molar-refractivity contribution in [2.75, 3.05) is 32.3 Å². The number of nitrogens with one attached hydrogen (secondary N) is 1. The number of hydrogen-bond donors (Lipinski definition) is 1. The standard InChI is InChI=1S/C20H18BrN2O3PS/c1-26-17-12-13(27(2)3)9-10-15(17)22-11-5-8-18-19(21)14-6-4-7-16(23(24)25)20(14)28-18/h4,6-7,9-10,12,22H,11H2,1-3H3. The van der Waals surface area contributed by atoms with Crippen molar-refractivity contribution < 1.29 is 9.66 Å². The summed E-state index contributed by atoms with van der Waals surface area (Å²) in [6.45, 7) is 4.84. The molecule has 144 valence electrons. The zero-order chi connectivity index (χ0) is 20.3. The Balaban J connectivity index is 1.79. The van der Waals surface area contributed by atoms with E-state index in [1.807, 2.05) is 12.1 Å². The summed E-state index contributed by atoms with van der Waals surface area (Å²) in [6.07, 6.45) is 0. The van der Waals surface area contributed by atoms with Crippen LogP contribution in [-0.4, -0.2) is 31.9 Å². The predicted octanol–water partition coefficient (Wildman–Crippen LogP) is 5.41. The van der Waals surface area contributed by atoms with Gasteiger partial charge in [-0.3, -0.25) is 10.1 Å². The van der Waals surface area contributed by atoms with E-state index >= 15 is 0 Å². The van der Waals surface area contributed by atoms with Crippen LogP contribution in [0.4, 0.5) is 11.4 Å². The Hall–Kier alpha value is -2.13. The summed E-state index contributed by atoms with van der Waals surface area (Å²) in [6, 6.07) is 11.2. The molecule has 0 spiro atoms. The van der Waals surface area contributed by atoms with E-state index in [1.165, 1.54) is 22.7 Å². The number of hydrogen-bond acceptors (Lipinski definition) is 5. The molecule has 0 fully saturated rings. The van der Waals surface area contributed by atoms with Gasteiger partial charge < -0.3 is 10.1 Å². The summed E-state index contributed by atoms with van der Waals surface area (Å²) >= 11 is 4.85. The number of nitro benzene ring substituents is 1. The average molecular weight is 477 g/mol. The van der Waals surface area contributed by atoms with Gasteiger partial charge in [0.05, 0.1) is 33.6 Å². The summed E-state index contributed by atoms with van der Waals surface area (Å²) in [5.74, 6) is 6.99. The first kappa shape index (κ1) is 20.6. The summed E-state index contributed by atoms with van der Waals surface area (Å²) in [7, 11) is 1.47. The summed E-state index contributed by atoms with van der Waals surface area (Å²) in [5, 5.41) is 16.6. The van der Waals surface area contributed by atoms with Gasteiger partial charge in [-0.25, -0.2) is 0 Å². The number of nitro groups is 1. The molecule has 1 N–H and O–H groups in total. The van der Waals surface area contributed by atoms with Gasteiger partial charge >= 0.3 is 0 Å². The van der Waals surface area contributed by atoms with E-state index in [4.69, 9.17) is 4.74 Å². The van der Waals surface area contributed by atoms with Crippen molar-refractivity contribution in [2.24, 2.45) is 0 Å². The fourth-order valence-electron chi connectivity index (χ4n) is 2.67. The Morgan fingerprint density at radius 1 is 1.32 bits per heavy atom. The first-order chi connectivity index (χ1) is 13.4. The van der Waals surface area contributed by atoms with E-state index in [9.17, 15) is 10.1 Å². The maximum Gasteiger partial charge on any atom is 0.287 e. The Morgan fingerprint density at radius 3 is 2.79 bits per heavy atom. The SMILES string of the molecule is COc1cc(P(C)C)ccc1NCC#Cc1sc2c([N+](=O)[O-])cccc2c1Br. The monoisotopic (exact) mass is 476 g/mol. The number of rotatable bonds is 5. The number of non-ortho nitro benzene ring substituents is 1. The zero-order valence-electron chi connectivity index (χ0n) is 15.6. The number of thiophene rings is 1. The van der Waals surface area contributed by atoms with Crippen LogP contribution in [0.15, 0.2) is 40.9 Å². The van der Waals surface area contributed by atoms with Gasteiger partial charge in [-0.1, -0.05) is 38.0 Å². The molecule has 1 heterocycles. The second kappa shape index (κ2) is 8.91. The van der Waals surface area contributed by atoms with Crippen molar-refractivity contribution in [3.8, 4) is 17.6 Å². The number of anilines is 1. The highest BCUT2D eigenvalue weighted by molar-refractivity contribution is 9.10. The van der Waals surface area contributed by atoms with E-state index in [2.05, 4.69) is 58.5 Å². The maximum atomic E-state index is 11.2. The van der Waals surface area contributed by atoms with Crippen LogP contribution in [0, 0.1) is 22.0 Å². The van der Waals surface area contributed by atoms with Crippen molar-refractivity contribution in [1.82, 2.24) is 0 Å². The van der Waals surface area contributed by atoms with Gasteiger partial charge in [0.2, 0.25) is 0 Å². The van der Waals surface area contributed by atoms with Crippen LogP contribution in [0.2, 0.25) is 0 Å². The minimum Gasteiger partial charge on any atom is -0.495 e. The molecule has 3 rings (SSSR count). The first-order valence-corrected chi connectivity index (χ1v) is 12.2. The molecule has 3 aromatic rings. The van der Waals surface area contributed by atoms with Crippen molar-refractivity contribution in [3.05, 3.63) is 55.9 Å². The highest BCUT2D eigenvalue weighted by atomic mass is 79.9. The van der Waals surface area contributed by atoms with E-state index in [1.54, 1.807) is 13.2 Å². The van der Waals surface area contributed by atoms with Crippen LogP contribution >= 0.6 is 35.2 Å². The molecular formula is C20H18BrN2O3PS. The second-order valence-electron chi connectivity index (χ2n) is 6.09. The molecular weight excluding hydrogens is 459 g/mol. The third-order valence-electron chi connectivity index (χ3n) is 4.10. The van der Waals surface area contributed by atoms with E-state index in [0.29, 0.717) is 11.2 Å². The molecule has 0 saturated heterocycles. The van der Waals surface area contributed by atoms with Gasteiger partial charge in [-0.15, -0.1) is 11.3 Å². The van der Waals surface area contributed by atoms with E-state index in [0.717, 1.165) is 26.2 Å². The first-order valence-electron chi connectivity index (χ1n) is 8.36. The van der Waals surface area contributed by atoms with Gasteiger partial charge in [0.15, 0.2) is 0 Å². The summed E-state index contributed by atoms with van der Waals surface area (Å²) in [4.78, 5) is 11.6. The number of benzene rings is 2. The molecule has 8 heteroatoms. The number of methoxy groups -OCH3 is 1. The van der Waals surface area contributed by atoms with Crippen LogP contribution in [0.1, 0.15) is 4.88 Å². The quantitative estimate of drug-likeness (QED) is 0.231. The summed E-state index contributed by atoms with van der Waals surface area (Å²) in [5.41, 5.74) is 0.995. The average Bonchev–Trinajstić information content (AvgIpc) is 3.00. The Morgan fingerprint density at radius 2 is 2.11 bits per heavy atom. The molecule has 0 radical (unpaired) electrons. The third-order valence-corrected chi connectivity index (χ3v) is 7.64. The molecule has 0 unspecified atom stereocenters. The zero-order valence-corrected chi connectivity index (χ0v) is 18.9. The molecule has 1 aromatic heterocycles. The van der Waals surface area contributed by atoms with Crippen molar-refractivity contribution in [2.45, 2.75) is 0 Å². The smallest absolute Gasteiger partial charge is 0.287 e. The molecule has 0 saturated carbocycles. The largest absolute Gasteiger partial charge is 0.495 e. The van der Waals surface area contributed by atoms with Gasteiger partial charge in [0.25, 0.3) is 5.69 Å². The van der Waals surface area contributed by atoms with Gasteiger partial charge in [-0.05, 0) is 46.7 Å². The molecule has 2 aromatic carbocycles. The number of nitrogens with zero attached hydrogens (tertiary/aromatic N) is 1. The van der Waals surface area contributed by atoms with Crippen molar-refractivity contribution in [1.29, 1.82) is 0 Å². The molecule has 0 atom stereocenters. The van der Waals surface area contributed by atoms with Crippen LogP contribution in [-0.2, 0) is 0 Å². The topological polar surface area (TPSA) is 64.4 Å². The van der Waals surface area contributed by atoms with Gasteiger partial charge in [-0.2, -0.15) is 0 Å². The minimum absolute atomic E-state index is 0.103. The molecule has 0 bridgehead atoms. The molecule has 0 aliphatic rings. The van der Waals surface area contributed by atoms with E-state index < -0.39 is 0 Å². The van der Waals surface area contributed by atoms with Crippen molar-refractivity contribution >= 4 is 62.0 Å². The lowest BCUT2D eigenvalue weighted by atomic mass is 10.2. The van der Waals surface area contributed by atoms with E-state index in [-0.39, 0.29) is 18.5 Å². The summed E-state index contributed by atoms with van der Waals surface area (Å²) < 4.78 is 6.90. The molecule has 0 aliphatic carbocycles. The van der Waals surface area contributed by atoms with Crippen LogP contribution in [0.5, 0.6) is 5.75 Å². The lowest BCUT2D eigenvalue weighted by Crippen LogP contribution is -2.05. The Kier molecular flexibility index (Phi) is 6.56. The van der Waals surface area contributed by atoms with Gasteiger partial charge in [0.1, 0.15) is 10.4 Å². The number of fused-ring (bicyclic) bond motifs is 1. The Bertz CT molecular complexity index is 1100. The second-order valence-corrected chi connectivity index (χ2v) is 10.2. The highest BCUT2D eigenvalue weighted by Crippen LogP contribution is 2.39.